The number of hydrogen-bond acceptors (Lipinski definition) is 7. The quantitative estimate of drug-likeness (QED) is 0.341. The Morgan fingerprint density at radius 3 is 2.79 bits per heavy atom. The van der Waals surface area contributed by atoms with Crippen molar-refractivity contribution in [3.05, 3.63) is 54.4 Å². The van der Waals surface area contributed by atoms with Crippen LogP contribution < -0.4 is 15.5 Å². The van der Waals surface area contributed by atoms with Crippen LogP contribution in [-0.4, -0.2) is 49.3 Å². The maximum Gasteiger partial charge on any atom is 0.247 e. The summed E-state index contributed by atoms with van der Waals surface area (Å²) in [5, 5.41) is 13.9. The molecular weight excluding hydrogens is 448 g/mol. The van der Waals surface area contributed by atoms with E-state index in [2.05, 4.69) is 20.8 Å². The smallest absolute Gasteiger partial charge is 0.247 e. The van der Waals surface area contributed by atoms with Gasteiger partial charge in [0.2, 0.25) is 17.8 Å². The number of carbonyl (C=O) groups is 1. The van der Waals surface area contributed by atoms with Gasteiger partial charge in [-0.2, -0.15) is 15.1 Å². The summed E-state index contributed by atoms with van der Waals surface area (Å²) in [4.78, 5) is 25.9. The summed E-state index contributed by atoms with van der Waals surface area (Å²) in [7, 11) is 0. The number of H-pyrrole nitrogens is 1. The zero-order chi connectivity index (χ0) is 23.1. The van der Waals surface area contributed by atoms with Crippen LogP contribution in [0.25, 0.3) is 5.65 Å². The van der Waals surface area contributed by atoms with E-state index in [9.17, 15) is 4.79 Å². The lowest BCUT2D eigenvalue weighted by atomic mass is 10.2. The second kappa shape index (κ2) is 8.68. The van der Waals surface area contributed by atoms with Crippen molar-refractivity contribution >= 4 is 46.7 Å². The Morgan fingerprint density at radius 2 is 2.00 bits per heavy atom. The van der Waals surface area contributed by atoms with Crippen LogP contribution in [0.3, 0.4) is 0 Å². The molecule has 1 saturated carbocycles. The van der Waals surface area contributed by atoms with Gasteiger partial charge < -0.3 is 15.5 Å². The van der Waals surface area contributed by atoms with Gasteiger partial charge in [-0.05, 0) is 68.3 Å². The van der Waals surface area contributed by atoms with Crippen LogP contribution in [0.15, 0.2) is 53.6 Å². The number of thioether (sulfide) groups is 1. The first-order valence-electron chi connectivity index (χ1n) is 11.6. The number of rotatable bonds is 7. The van der Waals surface area contributed by atoms with Crippen molar-refractivity contribution in [2.24, 2.45) is 0 Å². The third-order valence-corrected chi connectivity index (χ3v) is 7.14. The third kappa shape index (κ3) is 4.09. The molecule has 1 atom stereocenters. The molecule has 0 spiro atoms. The first-order valence-corrected chi connectivity index (χ1v) is 12.8. The van der Waals surface area contributed by atoms with Crippen molar-refractivity contribution in [3.63, 3.8) is 0 Å². The molecule has 9 nitrogen and oxygen atoms in total. The molecule has 4 heterocycles. The molecule has 34 heavy (non-hydrogen) atoms. The topological polar surface area (TPSA) is 103 Å². The van der Waals surface area contributed by atoms with E-state index in [1.165, 1.54) is 12.8 Å². The van der Waals surface area contributed by atoms with Crippen LogP contribution in [0.1, 0.15) is 37.3 Å². The molecule has 3 aromatic heterocycles. The lowest BCUT2D eigenvalue weighted by Gasteiger charge is -2.24. The summed E-state index contributed by atoms with van der Waals surface area (Å²) in [5.74, 6) is 2.45. The molecule has 0 bridgehead atoms. The fourth-order valence-corrected chi connectivity index (χ4v) is 4.84. The van der Waals surface area contributed by atoms with E-state index in [4.69, 9.17) is 9.97 Å². The maximum atomic E-state index is 13.2. The molecule has 1 aromatic carbocycles. The van der Waals surface area contributed by atoms with E-state index in [-0.39, 0.29) is 11.9 Å². The molecule has 1 aliphatic carbocycles. The average Bonchev–Trinajstić information content (AvgIpc) is 3.24. The Kier molecular flexibility index (Phi) is 5.37. The van der Waals surface area contributed by atoms with Crippen LogP contribution in [0.2, 0.25) is 0 Å². The van der Waals surface area contributed by atoms with Gasteiger partial charge in [0.25, 0.3) is 0 Å². The number of aromatic amines is 1. The van der Waals surface area contributed by atoms with Crippen molar-refractivity contribution in [1.82, 2.24) is 24.6 Å². The first kappa shape index (κ1) is 21.0. The van der Waals surface area contributed by atoms with Gasteiger partial charge in [-0.25, -0.2) is 0 Å². The average molecular weight is 475 g/mol. The highest BCUT2D eigenvalue weighted by atomic mass is 32.2. The van der Waals surface area contributed by atoms with Crippen LogP contribution in [-0.2, 0) is 4.79 Å². The molecule has 4 aromatic rings. The van der Waals surface area contributed by atoms with Crippen LogP contribution in [0, 0.1) is 0 Å². The van der Waals surface area contributed by atoms with Gasteiger partial charge in [0.1, 0.15) is 11.7 Å². The van der Waals surface area contributed by atoms with Gasteiger partial charge >= 0.3 is 0 Å². The van der Waals surface area contributed by atoms with Gasteiger partial charge in [-0.1, -0.05) is 0 Å². The summed E-state index contributed by atoms with van der Waals surface area (Å²) in [6.07, 6.45) is 8.04. The zero-order valence-electron chi connectivity index (χ0n) is 18.9. The van der Waals surface area contributed by atoms with Crippen molar-refractivity contribution in [2.45, 2.75) is 42.5 Å². The van der Waals surface area contributed by atoms with E-state index in [1.54, 1.807) is 11.8 Å². The predicted octanol–water partition coefficient (Wildman–Crippen LogP) is 4.40. The van der Waals surface area contributed by atoms with Crippen molar-refractivity contribution < 1.29 is 4.79 Å². The minimum atomic E-state index is -0.322. The van der Waals surface area contributed by atoms with Crippen molar-refractivity contribution in [3.8, 4) is 0 Å². The molecule has 0 unspecified atom stereocenters. The minimum Gasteiger partial charge on any atom is -0.329 e. The molecule has 6 rings (SSSR count). The predicted molar refractivity (Wildman–Crippen MR) is 134 cm³/mol. The number of anilines is 4. The Balaban J connectivity index is 1.25. The van der Waals surface area contributed by atoms with Gasteiger partial charge in [0, 0.05) is 41.0 Å². The third-order valence-electron chi connectivity index (χ3n) is 6.40. The molecule has 3 N–H and O–H groups in total. The molecule has 2 aliphatic rings. The second-order valence-corrected chi connectivity index (χ2v) is 9.64. The fraction of sp³-hybridized carbons (Fsp3) is 0.333. The van der Waals surface area contributed by atoms with Gasteiger partial charge in [-0.3, -0.25) is 14.3 Å². The van der Waals surface area contributed by atoms with E-state index in [0.717, 1.165) is 47.1 Å². The Morgan fingerprint density at radius 1 is 1.15 bits per heavy atom. The number of benzene rings is 1. The molecule has 10 heteroatoms. The van der Waals surface area contributed by atoms with Gasteiger partial charge in [0.05, 0.1) is 0 Å². The van der Waals surface area contributed by atoms with E-state index in [0.29, 0.717) is 17.8 Å². The normalized spacial score (nSPS) is 17.9. The van der Waals surface area contributed by atoms with E-state index >= 15 is 0 Å². The van der Waals surface area contributed by atoms with Gasteiger partial charge in [-0.15, -0.1) is 11.8 Å². The Bertz CT molecular complexity index is 1330. The highest BCUT2D eigenvalue weighted by molar-refractivity contribution is 7.98. The first-order chi connectivity index (χ1) is 16.7. The SMILES string of the molecule is CSc1ccc(NC(=O)[C@@H]2CCCN2c2nc(Nc3cc(C4CC4)[nH]n3)n3cccc3n2)cc1. The number of amides is 1. The van der Waals surface area contributed by atoms with Gasteiger partial charge in [0.15, 0.2) is 5.82 Å². The number of aromatic nitrogens is 5. The van der Waals surface area contributed by atoms with Crippen LogP contribution in [0.4, 0.5) is 23.4 Å². The van der Waals surface area contributed by atoms with E-state index < -0.39 is 0 Å². The maximum absolute atomic E-state index is 13.2. The standard InChI is InChI=1S/C24H26N8OS/c1-34-17-10-8-16(9-11-17)25-22(33)19-4-2-12-31(19)24-27-21-5-3-13-32(21)23(28-24)26-20-14-18(29-30-20)15-6-7-15/h3,5,8-11,13-15,19H,2,4,6-7,12H2,1H3,(H,25,33)(H2,26,27,28,29,30)/t19-/m0/s1. The second-order valence-electron chi connectivity index (χ2n) is 8.76. The number of hydrogen-bond donors (Lipinski definition) is 3. The number of fused-ring (bicyclic) bond motifs is 1. The summed E-state index contributed by atoms with van der Waals surface area (Å²) in [6, 6.07) is 13.5. The number of carbonyl (C=O) groups excluding carboxylic acids is 1. The summed E-state index contributed by atoms with van der Waals surface area (Å²) in [5.41, 5.74) is 2.72. The largest absolute Gasteiger partial charge is 0.329 e. The zero-order valence-corrected chi connectivity index (χ0v) is 19.7. The summed E-state index contributed by atoms with van der Waals surface area (Å²) in [6.45, 7) is 0.730. The van der Waals surface area contributed by atoms with Crippen LogP contribution >= 0.6 is 11.8 Å². The molecule has 0 radical (unpaired) electrons. The summed E-state index contributed by atoms with van der Waals surface area (Å²) >= 11 is 1.68. The molecule has 174 valence electrons. The highest BCUT2D eigenvalue weighted by Crippen LogP contribution is 2.39. The Labute approximate surface area is 201 Å². The molecule has 2 fully saturated rings. The Hall–Kier alpha value is -3.53. The molecular formula is C24H26N8OS. The van der Waals surface area contributed by atoms with Crippen LogP contribution in [0.5, 0.6) is 0 Å². The lowest BCUT2D eigenvalue weighted by Crippen LogP contribution is -2.40. The highest BCUT2D eigenvalue weighted by Gasteiger charge is 2.33. The summed E-state index contributed by atoms with van der Waals surface area (Å²) < 4.78 is 1.90. The lowest BCUT2D eigenvalue weighted by molar-refractivity contribution is -0.117. The monoisotopic (exact) mass is 474 g/mol. The molecule has 1 aliphatic heterocycles. The minimum absolute atomic E-state index is 0.0378. The fourth-order valence-electron chi connectivity index (χ4n) is 4.43. The number of nitrogens with zero attached hydrogens (tertiary/aromatic N) is 5. The van der Waals surface area contributed by atoms with Crippen molar-refractivity contribution in [2.75, 3.05) is 28.3 Å². The molecule has 1 saturated heterocycles. The number of nitrogens with one attached hydrogen (secondary N) is 3. The molecule has 1 amide bonds. The van der Waals surface area contributed by atoms with E-state index in [1.807, 2.05) is 64.2 Å². The van der Waals surface area contributed by atoms with Crippen molar-refractivity contribution in [1.29, 1.82) is 0 Å².